The number of phenolic OH excluding ortho intramolecular Hbond substituents is 1. The molecule has 1 N–H and O–H groups in total. The van der Waals surface area contributed by atoms with Crippen molar-refractivity contribution in [1.82, 2.24) is 0 Å². The minimum atomic E-state index is -2.53. The van der Waals surface area contributed by atoms with Gasteiger partial charge in [0.1, 0.15) is 24.1 Å². The van der Waals surface area contributed by atoms with Crippen LogP contribution in [0, 0.1) is 0 Å². The van der Waals surface area contributed by atoms with E-state index < -0.39 is 43.3 Å². The molecule has 0 bridgehead atoms. The SMILES string of the molecule is CCc1c(O)c2c(c(OC)c1CC)O[C@H](CO[Si](C(C)C)(C(C)C)C(C)C)[C@@H](O[Si](C(C)C)(C(C)C)C(C)C)[C@@H]2O[Si](C(C)C)(C(C)C)C(C)C. The molecule has 51 heavy (non-hydrogen) atoms. The molecule has 0 spiro atoms. The molecule has 1 aliphatic rings. The second-order valence-corrected chi connectivity index (χ2v) is 34.6. The highest BCUT2D eigenvalue weighted by atomic mass is 28.4. The number of aromatic hydroxyl groups is 1. The molecule has 1 aliphatic heterocycles. The molecule has 6 nitrogen and oxygen atoms in total. The summed E-state index contributed by atoms with van der Waals surface area (Å²) in [6.45, 7) is 46.8. The lowest BCUT2D eigenvalue weighted by Crippen LogP contribution is -2.60. The van der Waals surface area contributed by atoms with Gasteiger partial charge in [-0.05, 0) is 62.7 Å². The van der Waals surface area contributed by atoms with E-state index in [0.717, 1.165) is 17.5 Å². The first kappa shape index (κ1) is 46.3. The van der Waals surface area contributed by atoms with Gasteiger partial charge < -0.3 is 27.9 Å². The lowest BCUT2D eigenvalue weighted by molar-refractivity contribution is -0.0742. The van der Waals surface area contributed by atoms with E-state index >= 15 is 0 Å². The molecule has 2 rings (SSSR count). The van der Waals surface area contributed by atoms with E-state index in [4.69, 9.17) is 22.8 Å². The van der Waals surface area contributed by atoms with Crippen molar-refractivity contribution >= 4 is 25.0 Å². The molecule has 0 saturated carbocycles. The van der Waals surface area contributed by atoms with Gasteiger partial charge in [-0.3, -0.25) is 0 Å². The van der Waals surface area contributed by atoms with Gasteiger partial charge in [0.25, 0.3) is 0 Å². The topological polar surface area (TPSA) is 66.4 Å². The zero-order valence-corrected chi connectivity index (χ0v) is 40.0. The predicted octanol–water partition coefficient (Wildman–Crippen LogP) is 13.3. The van der Waals surface area contributed by atoms with Crippen LogP contribution in [-0.4, -0.2) is 56.0 Å². The third-order valence-corrected chi connectivity index (χ3v) is 31.3. The highest BCUT2D eigenvalue weighted by Gasteiger charge is 2.57. The molecule has 1 heterocycles. The molecule has 0 radical (unpaired) electrons. The van der Waals surface area contributed by atoms with Gasteiger partial charge in [0.05, 0.1) is 19.3 Å². The summed E-state index contributed by atoms with van der Waals surface area (Å²) in [4.78, 5) is 0. The summed E-state index contributed by atoms with van der Waals surface area (Å²) in [5.74, 6) is 1.60. The number of methoxy groups -OCH3 is 1. The fraction of sp³-hybridized carbons (Fsp3) is 0.857. The first-order chi connectivity index (χ1) is 23.5. The number of phenols is 1. The zero-order chi connectivity index (χ0) is 39.5. The van der Waals surface area contributed by atoms with Crippen LogP contribution in [0.25, 0.3) is 0 Å². The monoisotopic (exact) mass is 767 g/mol. The van der Waals surface area contributed by atoms with Crippen LogP contribution in [0.15, 0.2) is 0 Å². The normalized spacial score (nSPS) is 19.2. The Morgan fingerprint density at radius 3 is 1.27 bits per heavy atom. The Kier molecular flexibility index (Phi) is 16.5. The number of fused-ring (bicyclic) bond motifs is 1. The summed E-state index contributed by atoms with van der Waals surface area (Å²) in [6, 6.07) is 0. The Morgan fingerprint density at radius 2 is 0.941 bits per heavy atom. The third kappa shape index (κ3) is 8.24. The highest BCUT2D eigenvalue weighted by Crippen LogP contribution is 2.57. The molecular formula is C42H82O6Si3. The molecule has 1 aromatic carbocycles. The average Bonchev–Trinajstić information content (AvgIpc) is 3.01. The van der Waals surface area contributed by atoms with Crippen molar-refractivity contribution in [2.24, 2.45) is 0 Å². The molecule has 298 valence electrons. The molecule has 0 saturated heterocycles. The Hall–Kier alpha value is -0.849. The smallest absolute Gasteiger partial charge is 0.201 e. The fourth-order valence-electron chi connectivity index (χ4n) is 11.1. The van der Waals surface area contributed by atoms with Crippen molar-refractivity contribution in [3.05, 3.63) is 16.7 Å². The van der Waals surface area contributed by atoms with E-state index in [1.54, 1.807) is 7.11 Å². The molecule has 0 aliphatic carbocycles. The number of rotatable bonds is 19. The van der Waals surface area contributed by atoms with Crippen LogP contribution in [0.2, 0.25) is 49.9 Å². The van der Waals surface area contributed by atoms with Gasteiger partial charge in [-0.15, -0.1) is 0 Å². The van der Waals surface area contributed by atoms with Gasteiger partial charge >= 0.3 is 0 Å². The van der Waals surface area contributed by atoms with Gasteiger partial charge in [-0.25, -0.2) is 0 Å². The van der Waals surface area contributed by atoms with Crippen LogP contribution in [0.5, 0.6) is 17.2 Å². The maximum Gasteiger partial charge on any atom is 0.201 e. The minimum absolute atomic E-state index is 0.281. The van der Waals surface area contributed by atoms with Crippen LogP contribution in [0.3, 0.4) is 0 Å². The van der Waals surface area contributed by atoms with Gasteiger partial charge in [0.15, 0.2) is 11.5 Å². The first-order valence-corrected chi connectivity index (χ1v) is 27.0. The van der Waals surface area contributed by atoms with Crippen LogP contribution in [-0.2, 0) is 26.1 Å². The Morgan fingerprint density at radius 1 is 0.569 bits per heavy atom. The second kappa shape index (κ2) is 18.2. The first-order valence-electron chi connectivity index (χ1n) is 20.6. The van der Waals surface area contributed by atoms with Crippen LogP contribution in [0.4, 0.5) is 0 Å². The fourth-order valence-corrected chi connectivity index (χ4v) is 27.7. The maximum absolute atomic E-state index is 12.5. The summed E-state index contributed by atoms with van der Waals surface area (Å²) in [6.07, 6.45) is -0.0519. The van der Waals surface area contributed by atoms with E-state index in [-0.39, 0.29) is 5.75 Å². The van der Waals surface area contributed by atoms with Crippen molar-refractivity contribution < 1.29 is 27.9 Å². The second-order valence-electron chi connectivity index (χ2n) is 18.3. The summed E-state index contributed by atoms with van der Waals surface area (Å²) in [5.41, 5.74) is 6.00. The van der Waals surface area contributed by atoms with Crippen LogP contribution in [0.1, 0.15) is 161 Å². The molecule has 0 unspecified atom stereocenters. The molecule has 0 amide bonds. The molecule has 0 fully saturated rings. The van der Waals surface area contributed by atoms with Crippen molar-refractivity contribution in [2.75, 3.05) is 13.7 Å². The van der Waals surface area contributed by atoms with E-state index in [9.17, 15) is 5.11 Å². The summed E-state index contributed by atoms with van der Waals surface area (Å²) in [5, 5.41) is 12.5. The van der Waals surface area contributed by atoms with Gasteiger partial charge in [-0.1, -0.05) is 138 Å². The molecule has 3 atom stereocenters. The van der Waals surface area contributed by atoms with Gasteiger partial charge in [0.2, 0.25) is 25.0 Å². The van der Waals surface area contributed by atoms with E-state index in [1.807, 2.05) is 0 Å². The van der Waals surface area contributed by atoms with Crippen molar-refractivity contribution in [3.63, 3.8) is 0 Å². The van der Waals surface area contributed by atoms with Crippen molar-refractivity contribution in [1.29, 1.82) is 0 Å². The standard InChI is InChI=1S/C42H82O6Si3/c1-22-34-35(23-2)39(44-21)41-37(38(34)43)42(48-51(31(15)16,32(17)18)33(19)20)40(47-50(28(9)10,29(11)12)30(13)14)36(46-41)24-45-49(25(3)4,26(5)6)27(7)8/h25-33,36,40,42-43H,22-24H2,1-21H3/t36-,40-,42-/m1/s1. The van der Waals surface area contributed by atoms with E-state index in [1.165, 1.54) is 0 Å². The number of ether oxygens (including phenoxy) is 2. The Labute approximate surface area is 318 Å². The van der Waals surface area contributed by atoms with E-state index in [0.29, 0.717) is 80.0 Å². The quantitative estimate of drug-likeness (QED) is 0.141. The van der Waals surface area contributed by atoms with Crippen LogP contribution < -0.4 is 9.47 Å². The summed E-state index contributed by atoms with van der Waals surface area (Å²) < 4.78 is 36.8. The van der Waals surface area contributed by atoms with Gasteiger partial charge in [0, 0.05) is 11.1 Å². The Bertz CT molecular complexity index is 1190. The average molecular weight is 767 g/mol. The predicted molar refractivity (Wildman–Crippen MR) is 226 cm³/mol. The minimum Gasteiger partial charge on any atom is -0.507 e. The maximum atomic E-state index is 12.5. The van der Waals surface area contributed by atoms with Crippen molar-refractivity contribution in [2.45, 2.75) is 219 Å². The molecule has 9 heteroatoms. The molecule has 1 aromatic rings. The van der Waals surface area contributed by atoms with Gasteiger partial charge in [-0.2, -0.15) is 0 Å². The summed E-state index contributed by atoms with van der Waals surface area (Å²) >= 11 is 0. The molecule has 0 aromatic heterocycles. The largest absolute Gasteiger partial charge is 0.507 e. The van der Waals surface area contributed by atoms with E-state index in [2.05, 4.69) is 138 Å². The van der Waals surface area contributed by atoms with Crippen molar-refractivity contribution in [3.8, 4) is 17.2 Å². The Balaban J connectivity index is 3.22. The zero-order valence-electron chi connectivity index (χ0n) is 37.0. The summed E-state index contributed by atoms with van der Waals surface area (Å²) in [7, 11) is -5.58. The lowest BCUT2D eigenvalue weighted by atomic mass is 9.89. The number of hydrogen-bond acceptors (Lipinski definition) is 6. The highest BCUT2D eigenvalue weighted by molar-refractivity contribution is 6.78. The lowest BCUT2D eigenvalue weighted by Gasteiger charge is -2.53. The number of benzene rings is 1. The molecular weight excluding hydrogens is 685 g/mol. The van der Waals surface area contributed by atoms with Crippen LogP contribution >= 0.6 is 0 Å². The number of hydrogen-bond donors (Lipinski definition) is 1. The third-order valence-electron chi connectivity index (χ3n) is 13.1.